The van der Waals surface area contributed by atoms with Crippen LogP contribution in [0.25, 0.3) is 0 Å². The van der Waals surface area contributed by atoms with Gasteiger partial charge in [0.1, 0.15) is 17.3 Å². The molecule has 0 aliphatic rings. The van der Waals surface area contributed by atoms with E-state index in [1.54, 1.807) is 42.5 Å². The number of primary amides is 1. The molecule has 3 rings (SSSR count). The lowest BCUT2D eigenvalue weighted by atomic mass is 10.0. The summed E-state index contributed by atoms with van der Waals surface area (Å²) < 4.78 is 11.1. The van der Waals surface area contributed by atoms with Crippen molar-refractivity contribution in [2.45, 2.75) is 19.0 Å². The van der Waals surface area contributed by atoms with Gasteiger partial charge in [-0.1, -0.05) is 30.3 Å². The van der Waals surface area contributed by atoms with Crippen molar-refractivity contribution < 1.29 is 18.7 Å². The first-order valence-electron chi connectivity index (χ1n) is 9.16. The summed E-state index contributed by atoms with van der Waals surface area (Å²) in [5, 5.41) is 2.64. The van der Waals surface area contributed by atoms with Crippen LogP contribution < -0.4 is 15.8 Å². The van der Waals surface area contributed by atoms with Gasteiger partial charge in [-0.2, -0.15) is 0 Å². The van der Waals surface area contributed by atoms with Gasteiger partial charge in [0.2, 0.25) is 5.91 Å². The Bertz CT molecular complexity index is 942. The van der Waals surface area contributed by atoms with E-state index in [9.17, 15) is 9.59 Å². The second kappa shape index (κ2) is 9.45. The summed E-state index contributed by atoms with van der Waals surface area (Å²) in [6, 6.07) is 18.8. The van der Waals surface area contributed by atoms with E-state index in [-0.39, 0.29) is 12.3 Å². The van der Waals surface area contributed by atoms with Crippen molar-refractivity contribution in [1.29, 1.82) is 0 Å². The van der Waals surface area contributed by atoms with Crippen LogP contribution in [0.3, 0.4) is 0 Å². The molecule has 7 heteroatoms. The molecule has 150 valence electrons. The third kappa shape index (κ3) is 5.87. The molecule has 1 aromatic heterocycles. The number of nitrogens with two attached hydrogens (primary N) is 1. The zero-order chi connectivity index (χ0) is 20.6. The Hall–Kier alpha value is -3.74. The van der Waals surface area contributed by atoms with Crippen molar-refractivity contribution in [2.75, 3.05) is 7.05 Å². The first-order chi connectivity index (χ1) is 14.0. The van der Waals surface area contributed by atoms with Crippen LogP contribution in [0.5, 0.6) is 11.5 Å². The topological polar surface area (TPSA) is 97.8 Å². The molecule has 0 aliphatic heterocycles. The number of hydrogen-bond donors (Lipinski definition) is 2. The van der Waals surface area contributed by atoms with Crippen molar-refractivity contribution in [3.63, 3.8) is 0 Å². The van der Waals surface area contributed by atoms with Gasteiger partial charge in [-0.15, -0.1) is 0 Å². The Morgan fingerprint density at radius 2 is 1.83 bits per heavy atom. The maximum Gasteiger partial charge on any atom is 0.312 e. The number of rotatable bonds is 8. The quantitative estimate of drug-likeness (QED) is 0.608. The van der Waals surface area contributed by atoms with Crippen LogP contribution in [0.15, 0.2) is 77.4 Å². The van der Waals surface area contributed by atoms with E-state index in [0.29, 0.717) is 23.8 Å². The number of furan rings is 1. The van der Waals surface area contributed by atoms with Gasteiger partial charge in [-0.05, 0) is 42.0 Å². The monoisotopic (exact) mass is 393 g/mol. The number of benzene rings is 2. The van der Waals surface area contributed by atoms with Crippen molar-refractivity contribution in [3.05, 3.63) is 84.3 Å². The highest BCUT2D eigenvalue weighted by atomic mass is 16.5. The number of ether oxygens (including phenoxy) is 1. The zero-order valence-electron chi connectivity index (χ0n) is 16.1. The van der Waals surface area contributed by atoms with Gasteiger partial charge in [0, 0.05) is 7.05 Å². The SMILES string of the molecule is CN(Cc1ccco1)C(=O)CC(NC(N)=O)c1cccc(Oc2ccccc2)c1. The maximum absolute atomic E-state index is 12.7. The summed E-state index contributed by atoms with van der Waals surface area (Å²) in [6.07, 6.45) is 1.61. The molecule has 1 atom stereocenters. The molecule has 0 saturated carbocycles. The molecule has 3 aromatic rings. The molecule has 2 aromatic carbocycles. The molecule has 1 unspecified atom stereocenters. The number of carbonyl (C=O) groups is 2. The third-order valence-electron chi connectivity index (χ3n) is 4.33. The van der Waals surface area contributed by atoms with Gasteiger partial charge in [-0.25, -0.2) is 4.79 Å². The Labute approximate surface area is 169 Å². The lowest BCUT2D eigenvalue weighted by Gasteiger charge is -2.22. The summed E-state index contributed by atoms with van der Waals surface area (Å²) in [4.78, 5) is 25.7. The van der Waals surface area contributed by atoms with E-state index in [1.165, 1.54) is 0 Å². The second-order valence-corrected chi connectivity index (χ2v) is 6.58. The van der Waals surface area contributed by atoms with Gasteiger partial charge < -0.3 is 25.1 Å². The molecular weight excluding hydrogens is 370 g/mol. The molecule has 0 aliphatic carbocycles. The largest absolute Gasteiger partial charge is 0.467 e. The molecule has 0 fully saturated rings. The minimum absolute atomic E-state index is 0.0505. The van der Waals surface area contributed by atoms with Crippen LogP contribution in [0, 0.1) is 0 Å². The average molecular weight is 393 g/mol. The second-order valence-electron chi connectivity index (χ2n) is 6.58. The summed E-state index contributed by atoms with van der Waals surface area (Å²) in [7, 11) is 1.68. The van der Waals surface area contributed by atoms with Crippen LogP contribution >= 0.6 is 0 Å². The van der Waals surface area contributed by atoms with E-state index in [1.807, 2.05) is 42.5 Å². The molecule has 29 heavy (non-hydrogen) atoms. The Balaban J connectivity index is 1.73. The fraction of sp³-hybridized carbons (Fsp3) is 0.182. The number of hydrogen-bond acceptors (Lipinski definition) is 4. The number of para-hydroxylation sites is 1. The molecular formula is C22H23N3O4. The first-order valence-corrected chi connectivity index (χ1v) is 9.16. The highest BCUT2D eigenvalue weighted by molar-refractivity contribution is 5.78. The normalized spacial score (nSPS) is 11.5. The van der Waals surface area contributed by atoms with E-state index in [0.717, 1.165) is 5.56 Å². The Morgan fingerprint density at radius 3 is 2.52 bits per heavy atom. The average Bonchev–Trinajstić information content (AvgIpc) is 3.21. The summed E-state index contributed by atoms with van der Waals surface area (Å²) >= 11 is 0. The lowest BCUT2D eigenvalue weighted by Crippen LogP contribution is -2.37. The van der Waals surface area contributed by atoms with Crippen LogP contribution in [0.2, 0.25) is 0 Å². The van der Waals surface area contributed by atoms with Crippen molar-refractivity contribution in [1.82, 2.24) is 10.2 Å². The number of carbonyl (C=O) groups excluding carboxylic acids is 2. The summed E-state index contributed by atoms with van der Waals surface area (Å²) in [5.74, 6) is 1.81. The Kier molecular flexibility index (Phi) is 6.52. The predicted molar refractivity (Wildman–Crippen MR) is 108 cm³/mol. The lowest BCUT2D eigenvalue weighted by molar-refractivity contribution is -0.131. The fourth-order valence-electron chi connectivity index (χ4n) is 2.90. The minimum atomic E-state index is -0.703. The minimum Gasteiger partial charge on any atom is -0.467 e. The van der Waals surface area contributed by atoms with Crippen LogP contribution in [0.1, 0.15) is 23.8 Å². The third-order valence-corrected chi connectivity index (χ3v) is 4.33. The predicted octanol–water partition coefficient (Wildman–Crippen LogP) is 3.83. The van der Waals surface area contributed by atoms with Crippen LogP contribution in [-0.2, 0) is 11.3 Å². The van der Waals surface area contributed by atoms with Crippen molar-refractivity contribution in [3.8, 4) is 11.5 Å². The molecule has 7 nitrogen and oxygen atoms in total. The van der Waals surface area contributed by atoms with Gasteiger partial charge in [0.15, 0.2) is 0 Å². The summed E-state index contributed by atoms with van der Waals surface area (Å²) in [5.41, 5.74) is 6.05. The van der Waals surface area contributed by atoms with Gasteiger partial charge >= 0.3 is 6.03 Å². The van der Waals surface area contributed by atoms with Gasteiger partial charge in [0.25, 0.3) is 0 Å². The molecule has 0 bridgehead atoms. The molecule has 3 N–H and O–H groups in total. The first kappa shape index (κ1) is 20.0. The number of urea groups is 1. The highest BCUT2D eigenvalue weighted by Gasteiger charge is 2.21. The van der Waals surface area contributed by atoms with Crippen LogP contribution in [-0.4, -0.2) is 23.9 Å². The number of nitrogens with one attached hydrogen (secondary N) is 1. The van der Waals surface area contributed by atoms with Crippen LogP contribution in [0.4, 0.5) is 4.79 Å². The zero-order valence-corrected chi connectivity index (χ0v) is 16.1. The standard InChI is InChI=1S/C22H23N3O4/c1-25(15-19-11-6-12-28-19)21(26)14-20(24-22(23)27)16-7-5-10-18(13-16)29-17-8-3-2-4-9-17/h2-13,20H,14-15H2,1H3,(H3,23,24,27). The highest BCUT2D eigenvalue weighted by Crippen LogP contribution is 2.26. The van der Waals surface area contributed by atoms with E-state index in [2.05, 4.69) is 5.32 Å². The van der Waals surface area contributed by atoms with Crippen molar-refractivity contribution in [2.24, 2.45) is 5.73 Å². The molecule has 0 saturated heterocycles. The summed E-state index contributed by atoms with van der Waals surface area (Å²) in [6.45, 7) is 0.340. The fourth-order valence-corrected chi connectivity index (χ4v) is 2.90. The smallest absolute Gasteiger partial charge is 0.312 e. The van der Waals surface area contributed by atoms with Gasteiger partial charge in [0.05, 0.1) is 25.3 Å². The molecule has 1 heterocycles. The maximum atomic E-state index is 12.7. The van der Waals surface area contributed by atoms with E-state index >= 15 is 0 Å². The number of amides is 3. The Morgan fingerprint density at radius 1 is 1.07 bits per heavy atom. The van der Waals surface area contributed by atoms with E-state index < -0.39 is 12.1 Å². The van der Waals surface area contributed by atoms with Gasteiger partial charge in [-0.3, -0.25) is 4.79 Å². The van der Waals surface area contributed by atoms with Crippen molar-refractivity contribution >= 4 is 11.9 Å². The molecule has 0 spiro atoms. The molecule has 3 amide bonds. The van der Waals surface area contributed by atoms with E-state index in [4.69, 9.17) is 14.9 Å². The molecule has 0 radical (unpaired) electrons. The number of nitrogens with zero attached hydrogens (tertiary/aromatic N) is 1.